The highest BCUT2D eigenvalue weighted by atomic mass is 16.1. The fraction of sp³-hybridized carbons (Fsp3) is 0.318. The van der Waals surface area contributed by atoms with E-state index in [4.69, 9.17) is 0 Å². The molecule has 0 aromatic heterocycles. The maximum absolute atomic E-state index is 12.6. The van der Waals surface area contributed by atoms with Gasteiger partial charge in [0.2, 0.25) is 0 Å². The topological polar surface area (TPSA) is 32.3 Å². The van der Waals surface area contributed by atoms with E-state index in [1.807, 2.05) is 56.6 Å². The van der Waals surface area contributed by atoms with E-state index in [0.29, 0.717) is 0 Å². The Hall–Kier alpha value is -2.39. The maximum atomic E-state index is 12.6. The Labute approximate surface area is 151 Å². The van der Waals surface area contributed by atoms with Crippen LogP contribution in [0.5, 0.6) is 0 Å². The molecule has 1 N–H and O–H groups in total. The van der Waals surface area contributed by atoms with Gasteiger partial charge in [-0.25, -0.2) is 0 Å². The van der Waals surface area contributed by atoms with E-state index in [1.165, 1.54) is 6.42 Å². The lowest BCUT2D eigenvalue weighted by Gasteiger charge is -2.12. The van der Waals surface area contributed by atoms with Crippen molar-refractivity contribution in [1.82, 2.24) is 4.90 Å². The molecule has 0 unspecified atom stereocenters. The van der Waals surface area contributed by atoms with Gasteiger partial charge in [-0.2, -0.15) is 0 Å². The maximum Gasteiger partial charge on any atom is 0.186 e. The minimum atomic E-state index is 0.0433. The highest BCUT2D eigenvalue weighted by Gasteiger charge is 2.08. The van der Waals surface area contributed by atoms with Gasteiger partial charge in [-0.05, 0) is 49.9 Å². The van der Waals surface area contributed by atoms with Gasteiger partial charge in [0.05, 0.1) is 0 Å². The second kappa shape index (κ2) is 9.80. The number of benzene rings is 2. The summed E-state index contributed by atoms with van der Waals surface area (Å²) in [4.78, 5) is 14.7. The van der Waals surface area contributed by atoms with Gasteiger partial charge in [-0.15, -0.1) is 0 Å². The third-order valence-corrected chi connectivity index (χ3v) is 3.94. The summed E-state index contributed by atoms with van der Waals surface area (Å²) in [5.74, 6) is 0.0433. The van der Waals surface area contributed by atoms with Crippen molar-refractivity contribution in [2.45, 2.75) is 26.3 Å². The number of anilines is 1. The van der Waals surface area contributed by atoms with Crippen LogP contribution < -0.4 is 5.32 Å². The molecular formula is C22H28N2O. The average Bonchev–Trinajstić information content (AvgIpc) is 2.60. The smallest absolute Gasteiger partial charge is 0.186 e. The summed E-state index contributed by atoms with van der Waals surface area (Å²) < 4.78 is 0. The van der Waals surface area contributed by atoms with Gasteiger partial charge in [0, 0.05) is 24.3 Å². The number of unbranched alkanes of at least 4 members (excludes halogenated alkanes) is 1. The molecule has 2 aromatic carbocycles. The molecule has 0 amide bonds. The molecule has 0 bridgehead atoms. The van der Waals surface area contributed by atoms with Gasteiger partial charge in [0.1, 0.15) is 0 Å². The normalized spacial score (nSPS) is 11.2. The summed E-state index contributed by atoms with van der Waals surface area (Å²) in [5, 5.41) is 3.41. The Morgan fingerprint density at radius 2 is 1.92 bits per heavy atom. The minimum absolute atomic E-state index is 0.0433. The fourth-order valence-corrected chi connectivity index (χ4v) is 2.66. The van der Waals surface area contributed by atoms with Gasteiger partial charge in [0.25, 0.3) is 0 Å². The largest absolute Gasteiger partial charge is 0.385 e. The zero-order chi connectivity index (χ0) is 18.1. The second-order valence-electron chi connectivity index (χ2n) is 6.50. The second-order valence-corrected chi connectivity index (χ2v) is 6.50. The number of carbonyl (C=O) groups excluding carboxylic acids is 1. The van der Waals surface area contributed by atoms with Crippen LogP contribution in [0.15, 0.2) is 54.6 Å². The molecule has 2 aromatic rings. The van der Waals surface area contributed by atoms with Crippen molar-refractivity contribution in [3.8, 4) is 0 Å². The van der Waals surface area contributed by atoms with E-state index in [1.54, 1.807) is 6.08 Å². The van der Waals surface area contributed by atoms with Crippen LogP contribution in [-0.4, -0.2) is 31.3 Å². The van der Waals surface area contributed by atoms with Gasteiger partial charge in [-0.3, -0.25) is 4.79 Å². The van der Waals surface area contributed by atoms with Crippen LogP contribution in [-0.2, 0) is 6.54 Å². The van der Waals surface area contributed by atoms with Crippen LogP contribution in [0, 0.1) is 0 Å². The zero-order valence-electron chi connectivity index (χ0n) is 15.5. The van der Waals surface area contributed by atoms with Crippen molar-refractivity contribution < 1.29 is 4.79 Å². The summed E-state index contributed by atoms with van der Waals surface area (Å²) in [5.41, 5.74) is 3.94. The van der Waals surface area contributed by atoms with Crippen LogP contribution in [0.1, 0.15) is 41.3 Å². The highest BCUT2D eigenvalue weighted by Crippen LogP contribution is 2.15. The molecule has 0 aliphatic carbocycles. The molecule has 0 radical (unpaired) electrons. The Balaban J connectivity index is 2.09. The summed E-state index contributed by atoms with van der Waals surface area (Å²) in [6, 6.07) is 16.0. The van der Waals surface area contributed by atoms with Crippen LogP contribution in [0.25, 0.3) is 6.08 Å². The number of allylic oxidation sites excluding steroid dienone is 1. The molecule has 2 rings (SSSR count). The number of nitrogens with one attached hydrogen (secondary N) is 1. The first-order chi connectivity index (χ1) is 12.1. The van der Waals surface area contributed by atoms with Crippen LogP contribution in [0.2, 0.25) is 0 Å². The van der Waals surface area contributed by atoms with E-state index in [9.17, 15) is 4.79 Å². The van der Waals surface area contributed by atoms with Gasteiger partial charge < -0.3 is 10.2 Å². The third kappa shape index (κ3) is 6.20. The Morgan fingerprint density at radius 1 is 1.12 bits per heavy atom. The number of hydrogen-bond donors (Lipinski definition) is 1. The number of nitrogens with zero attached hydrogens (tertiary/aromatic N) is 1. The Bertz CT molecular complexity index is 719. The van der Waals surface area contributed by atoms with E-state index in [0.717, 1.165) is 41.9 Å². The minimum Gasteiger partial charge on any atom is -0.385 e. The lowest BCUT2D eigenvalue weighted by Crippen LogP contribution is -2.13. The molecule has 3 heteroatoms. The van der Waals surface area contributed by atoms with Gasteiger partial charge >= 0.3 is 0 Å². The summed E-state index contributed by atoms with van der Waals surface area (Å²) in [7, 11) is 4.02. The molecule has 0 saturated heterocycles. The van der Waals surface area contributed by atoms with Gasteiger partial charge in [0.15, 0.2) is 5.78 Å². The van der Waals surface area contributed by atoms with Crippen LogP contribution in [0.3, 0.4) is 0 Å². The van der Waals surface area contributed by atoms with E-state index >= 15 is 0 Å². The first kappa shape index (κ1) is 18.9. The lowest BCUT2D eigenvalue weighted by molar-refractivity contribution is 0.104. The third-order valence-electron chi connectivity index (χ3n) is 3.94. The predicted molar refractivity (Wildman–Crippen MR) is 107 cm³/mol. The van der Waals surface area contributed by atoms with E-state index in [-0.39, 0.29) is 5.78 Å². The van der Waals surface area contributed by atoms with E-state index in [2.05, 4.69) is 29.3 Å². The van der Waals surface area contributed by atoms with Crippen molar-refractivity contribution in [2.75, 3.05) is 26.0 Å². The first-order valence-corrected chi connectivity index (χ1v) is 8.89. The highest BCUT2D eigenvalue weighted by molar-refractivity contribution is 6.07. The van der Waals surface area contributed by atoms with Crippen LogP contribution >= 0.6 is 0 Å². The predicted octanol–water partition coefficient (Wildman–Crippen LogP) is 4.86. The molecule has 0 spiro atoms. The molecule has 0 heterocycles. The number of ketones is 1. The molecule has 0 saturated carbocycles. The quantitative estimate of drug-likeness (QED) is 0.403. The van der Waals surface area contributed by atoms with Crippen molar-refractivity contribution in [2.24, 2.45) is 0 Å². The van der Waals surface area contributed by atoms with Crippen molar-refractivity contribution in [3.63, 3.8) is 0 Å². The summed E-state index contributed by atoms with van der Waals surface area (Å²) >= 11 is 0. The molecule has 3 nitrogen and oxygen atoms in total. The number of hydrogen-bond acceptors (Lipinski definition) is 3. The molecule has 0 atom stereocenters. The standard InChI is InChI=1S/C22H28N2O/c1-4-5-15-23-20-11-8-9-18(16-20)13-14-22(25)21-12-7-6-10-19(21)17-24(2)3/h6-14,16,23H,4-5,15,17H2,1-3H3. The van der Waals surface area contributed by atoms with Crippen molar-refractivity contribution in [3.05, 3.63) is 71.3 Å². The summed E-state index contributed by atoms with van der Waals surface area (Å²) in [6.07, 6.45) is 5.88. The van der Waals surface area contributed by atoms with Gasteiger partial charge in [-0.1, -0.05) is 55.8 Å². The zero-order valence-corrected chi connectivity index (χ0v) is 15.5. The molecule has 0 fully saturated rings. The monoisotopic (exact) mass is 336 g/mol. The molecule has 0 aliphatic heterocycles. The van der Waals surface area contributed by atoms with Crippen LogP contribution in [0.4, 0.5) is 5.69 Å². The van der Waals surface area contributed by atoms with Crippen molar-refractivity contribution >= 4 is 17.5 Å². The fourth-order valence-electron chi connectivity index (χ4n) is 2.66. The van der Waals surface area contributed by atoms with E-state index < -0.39 is 0 Å². The molecule has 0 aliphatic rings. The number of rotatable bonds is 9. The molecule has 25 heavy (non-hydrogen) atoms. The van der Waals surface area contributed by atoms with Crippen molar-refractivity contribution in [1.29, 1.82) is 0 Å². The first-order valence-electron chi connectivity index (χ1n) is 8.89. The molecular weight excluding hydrogens is 308 g/mol. The Morgan fingerprint density at radius 3 is 2.68 bits per heavy atom. The lowest BCUT2D eigenvalue weighted by atomic mass is 10.0. The summed E-state index contributed by atoms with van der Waals surface area (Å²) in [6.45, 7) is 3.91. The Kier molecular flexibility index (Phi) is 7.42. The number of carbonyl (C=O) groups is 1. The average molecular weight is 336 g/mol. The SMILES string of the molecule is CCCCNc1cccc(C=CC(=O)c2ccccc2CN(C)C)c1. The molecule has 132 valence electrons.